The van der Waals surface area contributed by atoms with Crippen molar-refractivity contribution in [1.29, 1.82) is 0 Å². The summed E-state index contributed by atoms with van der Waals surface area (Å²) in [6.45, 7) is 0.869. The Morgan fingerprint density at radius 2 is 2.04 bits per heavy atom. The first kappa shape index (κ1) is 16.0. The number of methoxy groups -OCH3 is 1. The highest BCUT2D eigenvalue weighted by Crippen LogP contribution is 2.28. The molecule has 0 bridgehead atoms. The van der Waals surface area contributed by atoms with E-state index in [0.29, 0.717) is 30.2 Å². The van der Waals surface area contributed by atoms with Crippen molar-refractivity contribution in [3.05, 3.63) is 59.2 Å². The third kappa shape index (κ3) is 3.55. The van der Waals surface area contributed by atoms with E-state index in [4.69, 9.17) is 9.47 Å². The maximum absolute atomic E-state index is 12.4. The predicted octanol–water partition coefficient (Wildman–Crippen LogP) is 2.09. The van der Waals surface area contributed by atoms with Crippen molar-refractivity contribution >= 4 is 17.5 Å². The molecule has 24 heavy (non-hydrogen) atoms. The zero-order valence-corrected chi connectivity index (χ0v) is 13.3. The van der Waals surface area contributed by atoms with Crippen LogP contribution in [0.3, 0.4) is 0 Å². The van der Waals surface area contributed by atoms with Crippen LogP contribution in [0.2, 0.25) is 0 Å². The third-order valence-corrected chi connectivity index (χ3v) is 3.73. The maximum atomic E-state index is 12.4. The lowest BCUT2D eigenvalue weighted by Gasteiger charge is -2.18. The topological polar surface area (TPSA) is 76.7 Å². The van der Waals surface area contributed by atoms with Gasteiger partial charge in [-0.15, -0.1) is 0 Å². The summed E-state index contributed by atoms with van der Waals surface area (Å²) < 4.78 is 10.5. The van der Waals surface area contributed by atoms with Crippen molar-refractivity contribution in [2.24, 2.45) is 0 Å². The van der Waals surface area contributed by atoms with Crippen LogP contribution in [0.4, 0.5) is 5.69 Å². The van der Waals surface area contributed by atoms with Crippen LogP contribution in [0.25, 0.3) is 0 Å². The van der Waals surface area contributed by atoms with E-state index in [1.807, 2.05) is 24.3 Å². The summed E-state index contributed by atoms with van der Waals surface area (Å²) in [5.74, 6) is 0.0991. The van der Waals surface area contributed by atoms with Gasteiger partial charge in [0.2, 0.25) is 0 Å². The first-order chi connectivity index (χ1) is 11.7. The van der Waals surface area contributed by atoms with E-state index in [2.05, 4.69) is 10.6 Å². The fourth-order valence-electron chi connectivity index (χ4n) is 2.52. The van der Waals surface area contributed by atoms with Gasteiger partial charge in [0.25, 0.3) is 11.8 Å². The maximum Gasteiger partial charge on any atom is 0.262 e. The molecule has 0 aromatic heterocycles. The normalized spacial score (nSPS) is 12.8. The number of nitrogens with one attached hydrogen (secondary N) is 2. The number of fused-ring (bicyclic) bond motifs is 1. The quantitative estimate of drug-likeness (QED) is 0.882. The van der Waals surface area contributed by atoms with Crippen molar-refractivity contribution in [2.75, 3.05) is 19.0 Å². The zero-order valence-electron chi connectivity index (χ0n) is 13.3. The molecule has 1 aliphatic rings. The van der Waals surface area contributed by atoms with Crippen molar-refractivity contribution < 1.29 is 19.1 Å². The van der Waals surface area contributed by atoms with Crippen molar-refractivity contribution in [2.45, 2.75) is 13.2 Å². The molecule has 0 aliphatic carbocycles. The van der Waals surface area contributed by atoms with Crippen LogP contribution in [-0.4, -0.2) is 25.5 Å². The number of hydrogen-bond acceptors (Lipinski definition) is 4. The second-order valence-electron chi connectivity index (χ2n) is 5.43. The van der Waals surface area contributed by atoms with Crippen molar-refractivity contribution in [1.82, 2.24) is 5.32 Å². The average molecular weight is 326 g/mol. The Morgan fingerprint density at radius 1 is 1.25 bits per heavy atom. The van der Waals surface area contributed by atoms with E-state index in [1.165, 1.54) is 0 Å². The number of carbonyl (C=O) groups excluding carboxylic acids is 2. The Hall–Kier alpha value is -2.86. The summed E-state index contributed by atoms with van der Waals surface area (Å²) in [7, 11) is 1.64. The standard InChI is InChI=1S/C18H18N2O4/c1-23-10-14-5-3-2-4-13(14)9-19-18(22)12-6-7-15-16(8-12)24-11-17(21)20-15/h2-8H,9-11H2,1H3,(H,19,22)(H,20,21). The molecule has 0 spiro atoms. The Morgan fingerprint density at radius 3 is 2.83 bits per heavy atom. The molecule has 0 radical (unpaired) electrons. The molecular formula is C18H18N2O4. The molecule has 3 rings (SSSR count). The average Bonchev–Trinajstić information content (AvgIpc) is 2.60. The van der Waals surface area contributed by atoms with Crippen LogP contribution in [-0.2, 0) is 22.7 Å². The largest absolute Gasteiger partial charge is 0.482 e. The van der Waals surface area contributed by atoms with Crippen LogP contribution in [0.15, 0.2) is 42.5 Å². The predicted molar refractivity (Wildman–Crippen MR) is 88.9 cm³/mol. The molecule has 6 heteroatoms. The number of carbonyl (C=O) groups is 2. The third-order valence-electron chi connectivity index (χ3n) is 3.73. The van der Waals surface area contributed by atoms with E-state index >= 15 is 0 Å². The monoisotopic (exact) mass is 326 g/mol. The molecule has 0 atom stereocenters. The van der Waals surface area contributed by atoms with Crippen LogP contribution in [0.1, 0.15) is 21.5 Å². The van der Waals surface area contributed by atoms with Gasteiger partial charge in [-0.25, -0.2) is 0 Å². The summed E-state index contributed by atoms with van der Waals surface area (Å²) in [5, 5.41) is 5.59. The van der Waals surface area contributed by atoms with Gasteiger partial charge in [0.1, 0.15) is 5.75 Å². The smallest absolute Gasteiger partial charge is 0.262 e. The molecule has 2 aromatic carbocycles. The van der Waals surface area contributed by atoms with Gasteiger partial charge in [0.15, 0.2) is 6.61 Å². The number of hydrogen-bond donors (Lipinski definition) is 2. The summed E-state index contributed by atoms with van der Waals surface area (Å²) in [5.41, 5.74) is 3.10. The van der Waals surface area contributed by atoms with Gasteiger partial charge in [-0.05, 0) is 29.3 Å². The van der Waals surface area contributed by atoms with Gasteiger partial charge in [-0.3, -0.25) is 9.59 Å². The summed E-state index contributed by atoms with van der Waals surface area (Å²) in [6, 6.07) is 12.8. The molecule has 6 nitrogen and oxygen atoms in total. The Balaban J connectivity index is 1.69. The Bertz CT molecular complexity index is 773. The van der Waals surface area contributed by atoms with E-state index < -0.39 is 0 Å². The highest BCUT2D eigenvalue weighted by molar-refractivity contribution is 5.98. The fraction of sp³-hybridized carbons (Fsp3) is 0.222. The molecule has 1 heterocycles. The number of rotatable bonds is 5. The molecule has 0 saturated carbocycles. The molecule has 0 saturated heterocycles. The van der Waals surface area contributed by atoms with Crippen LogP contribution in [0.5, 0.6) is 5.75 Å². The number of anilines is 1. The van der Waals surface area contributed by atoms with E-state index in [0.717, 1.165) is 11.1 Å². The molecule has 2 N–H and O–H groups in total. The molecule has 124 valence electrons. The fourth-order valence-corrected chi connectivity index (χ4v) is 2.52. The summed E-state index contributed by atoms with van der Waals surface area (Å²) >= 11 is 0. The minimum absolute atomic E-state index is 0.0392. The SMILES string of the molecule is COCc1ccccc1CNC(=O)c1ccc2c(c1)OCC(=O)N2. The van der Waals surface area contributed by atoms with Crippen LogP contribution >= 0.6 is 0 Å². The molecule has 2 aromatic rings. The number of benzene rings is 2. The molecule has 0 unspecified atom stereocenters. The van der Waals surface area contributed by atoms with E-state index in [-0.39, 0.29) is 18.4 Å². The highest BCUT2D eigenvalue weighted by atomic mass is 16.5. The first-order valence-electron chi connectivity index (χ1n) is 7.58. The molecule has 2 amide bonds. The molecule has 1 aliphatic heterocycles. The van der Waals surface area contributed by atoms with Gasteiger partial charge in [0.05, 0.1) is 12.3 Å². The molecule has 0 fully saturated rings. The summed E-state index contributed by atoms with van der Waals surface area (Å²) in [4.78, 5) is 23.6. The van der Waals surface area contributed by atoms with Crippen molar-refractivity contribution in [3.8, 4) is 5.75 Å². The second-order valence-corrected chi connectivity index (χ2v) is 5.43. The van der Waals surface area contributed by atoms with Gasteiger partial charge in [-0.1, -0.05) is 24.3 Å². The molecular weight excluding hydrogens is 308 g/mol. The van der Waals surface area contributed by atoms with Crippen LogP contribution < -0.4 is 15.4 Å². The first-order valence-corrected chi connectivity index (χ1v) is 7.58. The van der Waals surface area contributed by atoms with E-state index in [1.54, 1.807) is 25.3 Å². The zero-order chi connectivity index (χ0) is 16.9. The Labute approximate surface area is 139 Å². The van der Waals surface area contributed by atoms with Gasteiger partial charge in [-0.2, -0.15) is 0 Å². The second kappa shape index (κ2) is 7.14. The minimum Gasteiger partial charge on any atom is -0.482 e. The van der Waals surface area contributed by atoms with Gasteiger partial charge >= 0.3 is 0 Å². The Kier molecular flexibility index (Phi) is 4.77. The lowest BCUT2D eigenvalue weighted by molar-refractivity contribution is -0.118. The van der Waals surface area contributed by atoms with Crippen LogP contribution in [0, 0.1) is 0 Å². The lowest BCUT2D eigenvalue weighted by Crippen LogP contribution is -2.27. The lowest BCUT2D eigenvalue weighted by atomic mass is 10.1. The van der Waals surface area contributed by atoms with Gasteiger partial charge < -0.3 is 20.1 Å². The highest BCUT2D eigenvalue weighted by Gasteiger charge is 2.17. The minimum atomic E-state index is -0.203. The number of amides is 2. The summed E-state index contributed by atoms with van der Waals surface area (Å²) in [6.07, 6.45) is 0. The number of ether oxygens (including phenoxy) is 2. The van der Waals surface area contributed by atoms with E-state index in [9.17, 15) is 9.59 Å². The van der Waals surface area contributed by atoms with Gasteiger partial charge in [0, 0.05) is 19.2 Å². The van der Waals surface area contributed by atoms with Crippen molar-refractivity contribution in [3.63, 3.8) is 0 Å².